The van der Waals surface area contributed by atoms with E-state index >= 15 is 0 Å². The monoisotopic (exact) mass is 179 g/mol. The summed E-state index contributed by atoms with van der Waals surface area (Å²) < 4.78 is 0. The fourth-order valence-electron chi connectivity index (χ4n) is 1.96. The van der Waals surface area contributed by atoms with E-state index in [1.54, 1.807) is 0 Å². The molecular formula is C10H17N3. The Labute approximate surface area is 79.0 Å². The van der Waals surface area contributed by atoms with Crippen molar-refractivity contribution in [3.05, 3.63) is 11.6 Å². The van der Waals surface area contributed by atoms with Crippen LogP contribution in [0.3, 0.4) is 0 Å². The highest BCUT2D eigenvalue weighted by Gasteiger charge is 2.40. The second-order valence-corrected chi connectivity index (χ2v) is 4.51. The molecule has 0 aliphatic heterocycles. The molecule has 72 valence electrons. The normalized spacial score (nSPS) is 26.8. The third-order valence-electron chi connectivity index (χ3n) is 2.64. The Balaban J connectivity index is 1.92. The molecule has 1 saturated carbocycles. The van der Waals surface area contributed by atoms with E-state index in [1.807, 2.05) is 6.92 Å². The summed E-state index contributed by atoms with van der Waals surface area (Å²) in [6, 6.07) is 0. The minimum atomic E-state index is 0.646. The van der Waals surface area contributed by atoms with Crippen LogP contribution >= 0.6 is 0 Å². The van der Waals surface area contributed by atoms with Crippen LogP contribution in [-0.2, 0) is 0 Å². The lowest BCUT2D eigenvalue weighted by Crippen LogP contribution is -1.92. The van der Waals surface area contributed by atoms with Gasteiger partial charge in [-0.2, -0.15) is 5.10 Å². The second kappa shape index (κ2) is 3.13. The number of aromatic amines is 1. The average molecular weight is 179 g/mol. The van der Waals surface area contributed by atoms with E-state index in [2.05, 4.69) is 29.0 Å². The minimum Gasteiger partial charge on any atom is -0.263 e. The smallest absolute Gasteiger partial charge is 0.154 e. The molecule has 1 aromatic heterocycles. The Morgan fingerprint density at radius 2 is 2.31 bits per heavy atom. The van der Waals surface area contributed by atoms with Crippen LogP contribution in [0.15, 0.2) is 0 Å². The highest BCUT2D eigenvalue weighted by atomic mass is 15.2. The number of hydrogen-bond acceptors (Lipinski definition) is 2. The fourth-order valence-corrected chi connectivity index (χ4v) is 1.96. The first-order chi connectivity index (χ1) is 6.16. The molecule has 1 fully saturated rings. The van der Waals surface area contributed by atoms with E-state index in [9.17, 15) is 0 Å². The van der Waals surface area contributed by atoms with Gasteiger partial charge in [0.25, 0.3) is 0 Å². The zero-order valence-electron chi connectivity index (χ0n) is 8.54. The highest BCUT2D eigenvalue weighted by Crippen LogP contribution is 2.49. The predicted octanol–water partition coefficient (Wildman–Crippen LogP) is 2.26. The molecule has 1 aliphatic carbocycles. The van der Waals surface area contributed by atoms with E-state index < -0.39 is 0 Å². The van der Waals surface area contributed by atoms with Crippen LogP contribution in [0.5, 0.6) is 0 Å². The van der Waals surface area contributed by atoms with E-state index in [4.69, 9.17) is 0 Å². The Morgan fingerprint density at radius 3 is 2.85 bits per heavy atom. The molecule has 1 N–H and O–H groups in total. The molecule has 2 atom stereocenters. The standard InChI is InChI=1S/C10H17N3/c1-6(2)4-8-5-9(8)10-11-7(3)12-13-10/h6,8-9H,4-5H2,1-3H3,(H,11,12,13)/t8-,9-/m1/s1. The summed E-state index contributed by atoms with van der Waals surface area (Å²) in [5.74, 6) is 4.26. The van der Waals surface area contributed by atoms with Gasteiger partial charge in [-0.05, 0) is 31.6 Å². The van der Waals surface area contributed by atoms with Crippen molar-refractivity contribution in [3.63, 3.8) is 0 Å². The van der Waals surface area contributed by atoms with Gasteiger partial charge in [-0.1, -0.05) is 13.8 Å². The summed E-state index contributed by atoms with van der Waals surface area (Å²) in [6.45, 7) is 6.51. The van der Waals surface area contributed by atoms with Crippen LogP contribution in [0.1, 0.15) is 44.3 Å². The van der Waals surface area contributed by atoms with E-state index in [0.29, 0.717) is 5.92 Å². The average Bonchev–Trinajstić information content (AvgIpc) is 2.63. The Morgan fingerprint density at radius 1 is 1.54 bits per heavy atom. The zero-order chi connectivity index (χ0) is 9.42. The van der Waals surface area contributed by atoms with Crippen molar-refractivity contribution < 1.29 is 0 Å². The van der Waals surface area contributed by atoms with Crippen molar-refractivity contribution in [2.24, 2.45) is 11.8 Å². The van der Waals surface area contributed by atoms with Crippen molar-refractivity contribution in [2.45, 2.75) is 39.5 Å². The van der Waals surface area contributed by atoms with Crippen LogP contribution in [0.2, 0.25) is 0 Å². The van der Waals surface area contributed by atoms with Gasteiger partial charge in [-0.3, -0.25) is 5.10 Å². The molecule has 1 heterocycles. The van der Waals surface area contributed by atoms with E-state index in [1.165, 1.54) is 12.8 Å². The van der Waals surface area contributed by atoms with Crippen molar-refractivity contribution in [2.75, 3.05) is 0 Å². The van der Waals surface area contributed by atoms with Gasteiger partial charge in [0.05, 0.1) is 0 Å². The third-order valence-corrected chi connectivity index (χ3v) is 2.64. The fraction of sp³-hybridized carbons (Fsp3) is 0.800. The second-order valence-electron chi connectivity index (χ2n) is 4.51. The molecule has 0 unspecified atom stereocenters. The zero-order valence-corrected chi connectivity index (χ0v) is 8.54. The minimum absolute atomic E-state index is 0.646. The van der Waals surface area contributed by atoms with Crippen molar-refractivity contribution in [3.8, 4) is 0 Å². The maximum absolute atomic E-state index is 4.36. The maximum Gasteiger partial charge on any atom is 0.154 e. The lowest BCUT2D eigenvalue weighted by molar-refractivity contribution is 0.529. The van der Waals surface area contributed by atoms with Crippen molar-refractivity contribution in [1.29, 1.82) is 0 Å². The number of aromatic nitrogens is 3. The summed E-state index contributed by atoms with van der Waals surface area (Å²) in [5.41, 5.74) is 0. The van der Waals surface area contributed by atoms with Crippen molar-refractivity contribution >= 4 is 0 Å². The van der Waals surface area contributed by atoms with Crippen LogP contribution in [0.25, 0.3) is 0 Å². The molecule has 0 aromatic carbocycles. The number of H-pyrrole nitrogens is 1. The summed E-state index contributed by atoms with van der Waals surface area (Å²) >= 11 is 0. The molecule has 0 radical (unpaired) electrons. The van der Waals surface area contributed by atoms with Crippen molar-refractivity contribution in [1.82, 2.24) is 15.2 Å². The van der Waals surface area contributed by atoms with Gasteiger partial charge in [0.1, 0.15) is 5.82 Å². The Bertz CT molecular complexity index is 290. The molecule has 0 saturated heterocycles. The van der Waals surface area contributed by atoms with Crippen LogP contribution < -0.4 is 0 Å². The first-order valence-electron chi connectivity index (χ1n) is 5.05. The highest BCUT2D eigenvalue weighted by molar-refractivity contribution is 5.09. The van der Waals surface area contributed by atoms with Gasteiger partial charge in [-0.15, -0.1) is 0 Å². The van der Waals surface area contributed by atoms with Crippen LogP contribution in [-0.4, -0.2) is 15.2 Å². The SMILES string of the molecule is Cc1nc([C@@H]2C[C@H]2CC(C)C)n[nH]1. The van der Waals surface area contributed by atoms with Gasteiger partial charge >= 0.3 is 0 Å². The topological polar surface area (TPSA) is 41.6 Å². The predicted molar refractivity (Wildman–Crippen MR) is 51.4 cm³/mol. The number of nitrogens with zero attached hydrogens (tertiary/aromatic N) is 2. The molecule has 2 rings (SSSR count). The molecule has 1 aromatic rings. The lowest BCUT2D eigenvalue weighted by atomic mass is 10.1. The molecular weight excluding hydrogens is 162 g/mol. The summed E-state index contributed by atoms with van der Waals surface area (Å²) in [5, 5.41) is 7.10. The van der Waals surface area contributed by atoms with Gasteiger partial charge in [-0.25, -0.2) is 4.98 Å². The quantitative estimate of drug-likeness (QED) is 0.773. The summed E-state index contributed by atoms with van der Waals surface area (Å²) in [7, 11) is 0. The van der Waals surface area contributed by atoms with Gasteiger partial charge in [0.2, 0.25) is 0 Å². The van der Waals surface area contributed by atoms with Crippen LogP contribution in [0.4, 0.5) is 0 Å². The first-order valence-corrected chi connectivity index (χ1v) is 5.05. The first kappa shape index (κ1) is 8.73. The van der Waals surface area contributed by atoms with Gasteiger partial charge in [0, 0.05) is 5.92 Å². The Kier molecular flexibility index (Phi) is 2.10. The molecule has 3 nitrogen and oxygen atoms in total. The molecule has 3 heteroatoms. The van der Waals surface area contributed by atoms with Crippen LogP contribution in [0, 0.1) is 18.8 Å². The molecule has 0 bridgehead atoms. The molecule has 0 amide bonds. The largest absolute Gasteiger partial charge is 0.263 e. The van der Waals surface area contributed by atoms with Gasteiger partial charge in [0.15, 0.2) is 5.82 Å². The maximum atomic E-state index is 4.36. The third kappa shape index (κ3) is 1.90. The number of aryl methyl sites for hydroxylation is 1. The number of hydrogen-bond donors (Lipinski definition) is 1. The molecule has 13 heavy (non-hydrogen) atoms. The molecule has 0 spiro atoms. The summed E-state index contributed by atoms with van der Waals surface area (Å²) in [4.78, 5) is 4.36. The van der Waals surface area contributed by atoms with E-state index in [-0.39, 0.29) is 0 Å². The lowest BCUT2D eigenvalue weighted by Gasteiger charge is -2.00. The number of nitrogens with one attached hydrogen (secondary N) is 1. The molecule has 1 aliphatic rings. The number of rotatable bonds is 3. The Hall–Kier alpha value is -0.860. The van der Waals surface area contributed by atoms with Gasteiger partial charge < -0.3 is 0 Å². The van der Waals surface area contributed by atoms with E-state index in [0.717, 1.165) is 23.5 Å². The summed E-state index contributed by atoms with van der Waals surface area (Å²) in [6.07, 6.45) is 2.60.